The Hall–Kier alpha value is -2.91. The van der Waals surface area contributed by atoms with E-state index in [4.69, 9.17) is 4.74 Å². The minimum atomic E-state index is -0.124. The van der Waals surface area contributed by atoms with E-state index in [1.807, 2.05) is 48.7 Å². The molecule has 1 aromatic carbocycles. The van der Waals surface area contributed by atoms with Crippen LogP contribution in [0.15, 0.2) is 35.5 Å². The summed E-state index contributed by atoms with van der Waals surface area (Å²) < 4.78 is 9.48. The largest absolute Gasteiger partial charge is 0.383 e. The van der Waals surface area contributed by atoms with E-state index in [0.29, 0.717) is 23.4 Å². The van der Waals surface area contributed by atoms with Crippen LogP contribution in [0.1, 0.15) is 66.2 Å². The van der Waals surface area contributed by atoms with Crippen LogP contribution >= 0.6 is 11.8 Å². The molecule has 0 bridgehead atoms. The number of aromatic nitrogens is 4. The number of thioether (sulfide) groups is 1. The summed E-state index contributed by atoms with van der Waals surface area (Å²) in [5.41, 5.74) is 4.32. The molecule has 1 N–H and O–H groups in total. The Kier molecular flexibility index (Phi) is 7.23. The third-order valence-corrected chi connectivity index (χ3v) is 6.92. The summed E-state index contributed by atoms with van der Waals surface area (Å²) in [6.07, 6.45) is 2.16. The number of aryl methyl sites for hydroxylation is 1. The molecular formula is C25H31N5O3S. The monoisotopic (exact) mass is 481 g/mol. The van der Waals surface area contributed by atoms with Gasteiger partial charge in [0.05, 0.1) is 24.1 Å². The van der Waals surface area contributed by atoms with Gasteiger partial charge in [0.2, 0.25) is 5.91 Å². The molecule has 180 valence electrons. The fourth-order valence-corrected chi connectivity index (χ4v) is 5.25. The van der Waals surface area contributed by atoms with Crippen LogP contribution in [-0.4, -0.2) is 50.5 Å². The van der Waals surface area contributed by atoms with E-state index in [1.165, 1.54) is 18.7 Å². The van der Waals surface area contributed by atoms with E-state index in [0.717, 1.165) is 41.3 Å². The second-order valence-electron chi connectivity index (χ2n) is 8.85. The number of nitrogens with one attached hydrogen (secondary N) is 1. The van der Waals surface area contributed by atoms with Crippen molar-refractivity contribution in [3.8, 4) is 5.69 Å². The average Bonchev–Trinajstić information content (AvgIpc) is 3.47. The lowest BCUT2D eigenvalue weighted by molar-refractivity contribution is -0.114. The average molecular weight is 482 g/mol. The van der Waals surface area contributed by atoms with Crippen molar-refractivity contribution in [1.82, 2.24) is 19.3 Å². The number of nitrogens with zero attached hydrogens (tertiary/aromatic N) is 4. The summed E-state index contributed by atoms with van der Waals surface area (Å²) in [4.78, 5) is 24.7. The number of hydrogen-bond acceptors (Lipinski definition) is 6. The molecule has 8 nitrogen and oxygen atoms in total. The summed E-state index contributed by atoms with van der Waals surface area (Å²) in [7, 11) is 1.69. The van der Waals surface area contributed by atoms with Crippen molar-refractivity contribution in [3.63, 3.8) is 0 Å². The van der Waals surface area contributed by atoms with E-state index in [2.05, 4.69) is 27.0 Å². The molecule has 0 radical (unpaired) electrons. The minimum Gasteiger partial charge on any atom is -0.383 e. The first-order chi connectivity index (χ1) is 16.3. The van der Waals surface area contributed by atoms with Crippen LogP contribution in [0.25, 0.3) is 5.69 Å². The van der Waals surface area contributed by atoms with Crippen LogP contribution in [0.3, 0.4) is 0 Å². The van der Waals surface area contributed by atoms with Gasteiger partial charge in [0.15, 0.2) is 10.9 Å². The number of Topliss-reactive ketones (excluding diaryl/α,β-unsaturated/α-hetero) is 1. The Morgan fingerprint density at radius 1 is 1.24 bits per heavy atom. The van der Waals surface area contributed by atoms with Gasteiger partial charge in [-0.2, -0.15) is 0 Å². The van der Waals surface area contributed by atoms with Gasteiger partial charge in [-0.3, -0.25) is 14.2 Å². The molecule has 1 aliphatic carbocycles. The highest BCUT2D eigenvalue weighted by Crippen LogP contribution is 2.41. The van der Waals surface area contributed by atoms with Crippen molar-refractivity contribution >= 4 is 29.1 Å². The lowest BCUT2D eigenvalue weighted by Crippen LogP contribution is -2.15. The highest BCUT2D eigenvalue weighted by atomic mass is 32.2. The van der Waals surface area contributed by atoms with E-state index in [-0.39, 0.29) is 23.5 Å². The van der Waals surface area contributed by atoms with Gasteiger partial charge in [0, 0.05) is 42.6 Å². The first kappa shape index (κ1) is 24.2. The summed E-state index contributed by atoms with van der Waals surface area (Å²) in [5.74, 6) is 1.48. The van der Waals surface area contributed by atoms with Crippen molar-refractivity contribution < 1.29 is 14.3 Å². The second-order valence-corrected chi connectivity index (χ2v) is 9.80. The van der Waals surface area contributed by atoms with Crippen LogP contribution in [0, 0.1) is 13.8 Å². The lowest BCUT2D eigenvalue weighted by atomic mass is 10.2. The zero-order valence-electron chi connectivity index (χ0n) is 20.3. The zero-order valence-corrected chi connectivity index (χ0v) is 21.1. The van der Waals surface area contributed by atoms with Crippen molar-refractivity contribution in [1.29, 1.82) is 0 Å². The number of rotatable bonds is 10. The quantitative estimate of drug-likeness (QED) is 0.333. The molecule has 3 aromatic rings. The minimum absolute atomic E-state index is 0.0588. The Bertz CT molecular complexity index is 1210. The number of ketones is 1. The molecule has 2 heterocycles. The summed E-state index contributed by atoms with van der Waals surface area (Å²) in [6.45, 7) is 8.16. The number of hydrogen-bond donors (Lipinski definition) is 1. The number of anilines is 1. The predicted octanol–water partition coefficient (Wildman–Crippen LogP) is 4.70. The van der Waals surface area contributed by atoms with E-state index < -0.39 is 0 Å². The lowest BCUT2D eigenvalue weighted by Gasteiger charge is -2.17. The fraction of sp³-hybridized carbons (Fsp3) is 0.440. The van der Waals surface area contributed by atoms with Crippen LogP contribution < -0.4 is 5.32 Å². The van der Waals surface area contributed by atoms with E-state index >= 15 is 0 Å². The number of ether oxygens (including phenoxy) is 1. The molecule has 34 heavy (non-hydrogen) atoms. The van der Waals surface area contributed by atoms with Gasteiger partial charge in [-0.25, -0.2) is 0 Å². The third kappa shape index (κ3) is 5.10. The maximum atomic E-state index is 13.2. The van der Waals surface area contributed by atoms with E-state index in [1.54, 1.807) is 7.11 Å². The standard InChI is InChI=1S/C25H31N5O3S/c1-15-11-22(17(3)29(15)16(2)13-33-5)23(32)14-34-25-28-27-24(19-9-10-19)30(25)21-8-6-7-20(12-21)26-18(4)31/h6-8,11-12,16,19H,9-10,13-14H2,1-5H3,(H,26,31). The molecule has 1 unspecified atom stereocenters. The third-order valence-electron chi connectivity index (χ3n) is 5.99. The number of carbonyl (C=O) groups excluding carboxylic acids is 2. The van der Waals surface area contributed by atoms with Gasteiger partial charge in [-0.05, 0) is 57.9 Å². The Balaban J connectivity index is 1.58. The highest BCUT2D eigenvalue weighted by molar-refractivity contribution is 7.99. The van der Waals surface area contributed by atoms with Gasteiger partial charge in [-0.1, -0.05) is 17.8 Å². The van der Waals surface area contributed by atoms with Crippen molar-refractivity contribution in [3.05, 3.63) is 53.1 Å². The van der Waals surface area contributed by atoms with Crippen LogP contribution in [-0.2, 0) is 9.53 Å². The first-order valence-corrected chi connectivity index (χ1v) is 12.5. The Labute approximate surface area is 204 Å². The van der Waals surface area contributed by atoms with E-state index in [9.17, 15) is 9.59 Å². The first-order valence-electron chi connectivity index (χ1n) is 11.5. The molecule has 4 rings (SSSR count). The van der Waals surface area contributed by atoms with Gasteiger partial charge in [0.25, 0.3) is 0 Å². The van der Waals surface area contributed by atoms with Gasteiger partial charge in [-0.15, -0.1) is 10.2 Å². The number of methoxy groups -OCH3 is 1. The molecule has 0 spiro atoms. The van der Waals surface area contributed by atoms with Crippen molar-refractivity contribution in [2.75, 3.05) is 24.8 Å². The topological polar surface area (TPSA) is 91.0 Å². The Morgan fingerprint density at radius 2 is 2.00 bits per heavy atom. The van der Waals surface area contributed by atoms with Crippen molar-refractivity contribution in [2.24, 2.45) is 0 Å². The maximum absolute atomic E-state index is 13.2. The van der Waals surface area contributed by atoms with Crippen molar-refractivity contribution in [2.45, 2.75) is 57.7 Å². The smallest absolute Gasteiger partial charge is 0.221 e. The van der Waals surface area contributed by atoms with Gasteiger partial charge in [0.1, 0.15) is 5.82 Å². The second kappa shape index (κ2) is 10.1. The molecule has 2 aromatic heterocycles. The molecule has 1 fully saturated rings. The summed E-state index contributed by atoms with van der Waals surface area (Å²) in [5, 5.41) is 12.4. The molecular weight excluding hydrogens is 450 g/mol. The Morgan fingerprint density at radius 3 is 2.68 bits per heavy atom. The van der Waals surface area contributed by atoms with Crippen LogP contribution in [0.5, 0.6) is 0 Å². The van der Waals surface area contributed by atoms with Gasteiger partial charge < -0.3 is 14.6 Å². The maximum Gasteiger partial charge on any atom is 0.221 e. The molecule has 0 aliphatic heterocycles. The SMILES string of the molecule is COCC(C)n1c(C)cc(C(=O)CSc2nnc(C3CC3)n2-c2cccc(NC(C)=O)c2)c1C. The normalized spacial score (nSPS) is 14.3. The summed E-state index contributed by atoms with van der Waals surface area (Å²) in [6, 6.07) is 9.74. The molecule has 1 saturated carbocycles. The highest BCUT2D eigenvalue weighted by Gasteiger charge is 2.31. The molecule has 1 amide bonds. The molecule has 0 saturated heterocycles. The van der Waals surface area contributed by atoms with Crippen LogP contribution in [0.4, 0.5) is 5.69 Å². The molecule has 1 atom stereocenters. The summed E-state index contributed by atoms with van der Waals surface area (Å²) >= 11 is 1.39. The predicted molar refractivity (Wildman–Crippen MR) is 133 cm³/mol. The zero-order chi connectivity index (χ0) is 24.4. The number of carbonyl (C=O) groups is 2. The molecule has 1 aliphatic rings. The van der Waals surface area contributed by atoms with Crippen LogP contribution in [0.2, 0.25) is 0 Å². The number of amides is 1. The number of benzene rings is 1. The van der Waals surface area contributed by atoms with Gasteiger partial charge >= 0.3 is 0 Å². The fourth-order valence-electron chi connectivity index (χ4n) is 4.41. The molecule has 9 heteroatoms.